The minimum atomic E-state index is -5.08. The number of nitriles is 1. The van der Waals surface area contributed by atoms with Gasteiger partial charge in [-0.15, -0.1) is 0 Å². The zero-order valence-electron chi connectivity index (χ0n) is 19.1. The Morgan fingerprint density at radius 1 is 0.917 bits per heavy atom. The van der Waals surface area contributed by atoms with Crippen molar-refractivity contribution in [2.45, 2.75) is 37.6 Å². The zero-order valence-corrected chi connectivity index (χ0v) is 19.1. The molecule has 0 heterocycles. The van der Waals surface area contributed by atoms with E-state index in [0.29, 0.717) is 29.6 Å². The molecule has 1 amide bonds. The van der Waals surface area contributed by atoms with E-state index in [1.165, 1.54) is 11.1 Å². The Morgan fingerprint density at radius 3 is 2.06 bits per heavy atom. The molecule has 1 saturated carbocycles. The number of nitrogens with one attached hydrogen (secondary N) is 2. The van der Waals surface area contributed by atoms with Crippen LogP contribution in [0.25, 0.3) is 0 Å². The van der Waals surface area contributed by atoms with Gasteiger partial charge in [-0.1, -0.05) is 54.6 Å². The highest BCUT2D eigenvalue weighted by molar-refractivity contribution is 5.94. The molecule has 1 aliphatic rings. The van der Waals surface area contributed by atoms with E-state index in [9.17, 15) is 18.0 Å². The highest BCUT2D eigenvalue weighted by Gasteiger charge is 2.38. The first-order chi connectivity index (χ1) is 17.2. The summed E-state index contributed by atoms with van der Waals surface area (Å²) in [4.78, 5) is 21.2. The summed E-state index contributed by atoms with van der Waals surface area (Å²) in [6.45, 7) is 1.33. The maximum atomic E-state index is 12.3. The monoisotopic (exact) mass is 495 g/mol. The van der Waals surface area contributed by atoms with Crippen molar-refractivity contribution in [3.8, 4) is 6.07 Å². The quantitative estimate of drug-likeness (QED) is 0.438. The average molecular weight is 496 g/mol. The predicted octanol–water partition coefficient (Wildman–Crippen LogP) is 4.77. The number of carbonyl (C=O) groups excluding carboxylic acids is 1. The number of alkyl halides is 3. The third-order valence-corrected chi connectivity index (χ3v) is 5.58. The van der Waals surface area contributed by atoms with Crippen molar-refractivity contribution >= 4 is 11.9 Å². The van der Waals surface area contributed by atoms with E-state index >= 15 is 0 Å². The molecule has 0 unspecified atom stereocenters. The van der Waals surface area contributed by atoms with E-state index in [0.717, 1.165) is 18.5 Å². The largest absolute Gasteiger partial charge is 0.490 e. The fourth-order valence-electron chi connectivity index (χ4n) is 3.50. The highest BCUT2D eigenvalue weighted by atomic mass is 19.4. The molecule has 6 nitrogen and oxygen atoms in total. The number of carbonyl (C=O) groups is 2. The molecule has 1 aliphatic carbocycles. The molecule has 36 heavy (non-hydrogen) atoms. The van der Waals surface area contributed by atoms with E-state index in [1.54, 1.807) is 0 Å². The molecule has 0 spiro atoms. The van der Waals surface area contributed by atoms with Crippen molar-refractivity contribution in [3.63, 3.8) is 0 Å². The highest BCUT2D eigenvalue weighted by Crippen LogP contribution is 2.41. The number of halogens is 3. The summed E-state index contributed by atoms with van der Waals surface area (Å²) < 4.78 is 31.7. The molecule has 0 bridgehead atoms. The molecule has 0 aliphatic heterocycles. The van der Waals surface area contributed by atoms with Crippen LogP contribution in [0.1, 0.15) is 45.0 Å². The SMILES string of the molecule is N#Cc1ccc(CN[C@@H]2C[C@H]2c2ccc(C(=O)NCc3ccccc3)cc2)cc1.O=C(O)C(F)(F)F. The number of amides is 1. The van der Waals surface area contributed by atoms with Crippen LogP contribution in [0.5, 0.6) is 0 Å². The Kier molecular flexibility index (Phi) is 8.81. The van der Waals surface area contributed by atoms with Crippen LogP contribution in [-0.4, -0.2) is 29.2 Å². The third kappa shape index (κ3) is 7.96. The van der Waals surface area contributed by atoms with Gasteiger partial charge in [-0.3, -0.25) is 4.79 Å². The lowest BCUT2D eigenvalue weighted by atomic mass is 10.1. The normalized spacial score (nSPS) is 16.2. The molecule has 9 heteroatoms. The number of benzene rings is 3. The number of carboxylic acid groups (broad SMARTS) is 1. The lowest BCUT2D eigenvalue weighted by Crippen LogP contribution is -2.22. The predicted molar refractivity (Wildman–Crippen MR) is 127 cm³/mol. The fourth-order valence-corrected chi connectivity index (χ4v) is 3.50. The van der Waals surface area contributed by atoms with Crippen molar-refractivity contribution in [3.05, 3.63) is 107 Å². The van der Waals surface area contributed by atoms with E-state index in [-0.39, 0.29) is 5.91 Å². The van der Waals surface area contributed by atoms with Crippen molar-refractivity contribution in [2.24, 2.45) is 0 Å². The third-order valence-electron chi connectivity index (χ3n) is 5.58. The summed E-state index contributed by atoms with van der Waals surface area (Å²) >= 11 is 0. The van der Waals surface area contributed by atoms with Crippen LogP contribution in [0.15, 0.2) is 78.9 Å². The molecule has 3 aromatic rings. The Morgan fingerprint density at radius 2 is 1.50 bits per heavy atom. The van der Waals surface area contributed by atoms with E-state index < -0.39 is 12.1 Å². The van der Waals surface area contributed by atoms with Gasteiger partial charge in [-0.2, -0.15) is 18.4 Å². The number of aliphatic carboxylic acids is 1. The van der Waals surface area contributed by atoms with Crippen LogP contribution in [0.4, 0.5) is 13.2 Å². The number of carboxylic acids is 1. The van der Waals surface area contributed by atoms with Crippen LogP contribution >= 0.6 is 0 Å². The van der Waals surface area contributed by atoms with Crippen LogP contribution < -0.4 is 10.6 Å². The second-order valence-electron chi connectivity index (χ2n) is 8.23. The summed E-state index contributed by atoms with van der Waals surface area (Å²) in [5.41, 5.74) is 4.91. The van der Waals surface area contributed by atoms with Gasteiger partial charge in [0.25, 0.3) is 5.91 Å². The number of hydrogen-bond acceptors (Lipinski definition) is 4. The smallest absolute Gasteiger partial charge is 0.475 e. The van der Waals surface area contributed by atoms with E-state index in [1.807, 2.05) is 66.7 Å². The topological polar surface area (TPSA) is 102 Å². The Bertz CT molecular complexity index is 1210. The lowest BCUT2D eigenvalue weighted by Gasteiger charge is -2.07. The maximum Gasteiger partial charge on any atom is 0.490 e. The first kappa shape index (κ1) is 26.4. The van der Waals surface area contributed by atoms with E-state index in [4.69, 9.17) is 15.2 Å². The molecule has 186 valence electrons. The van der Waals surface area contributed by atoms with Crippen LogP contribution in [0.3, 0.4) is 0 Å². The first-order valence-corrected chi connectivity index (χ1v) is 11.1. The molecular formula is C27H24F3N3O3. The van der Waals surface area contributed by atoms with Crippen molar-refractivity contribution in [1.82, 2.24) is 10.6 Å². The molecule has 2 atom stereocenters. The van der Waals surface area contributed by atoms with Gasteiger partial charge in [0.05, 0.1) is 11.6 Å². The number of nitrogens with zero attached hydrogens (tertiary/aromatic N) is 1. The van der Waals surface area contributed by atoms with Gasteiger partial charge in [0.2, 0.25) is 0 Å². The Labute approximate surface area is 206 Å². The maximum absolute atomic E-state index is 12.3. The fraction of sp³-hybridized carbons (Fsp3) is 0.222. The average Bonchev–Trinajstić information content (AvgIpc) is 3.66. The summed E-state index contributed by atoms with van der Waals surface area (Å²) in [6.07, 6.45) is -3.98. The second kappa shape index (κ2) is 12.0. The Hall–Kier alpha value is -4.16. The van der Waals surface area contributed by atoms with Gasteiger partial charge in [-0.05, 0) is 47.4 Å². The van der Waals surface area contributed by atoms with Gasteiger partial charge in [0, 0.05) is 30.6 Å². The van der Waals surface area contributed by atoms with Crippen LogP contribution in [0, 0.1) is 11.3 Å². The molecule has 0 saturated heterocycles. The minimum absolute atomic E-state index is 0.0494. The van der Waals surface area contributed by atoms with Gasteiger partial charge in [0.1, 0.15) is 0 Å². The number of rotatable bonds is 7. The zero-order chi connectivity index (χ0) is 26.1. The minimum Gasteiger partial charge on any atom is -0.475 e. The molecule has 0 aromatic heterocycles. The summed E-state index contributed by atoms with van der Waals surface area (Å²) in [6, 6.07) is 28.1. The summed E-state index contributed by atoms with van der Waals surface area (Å²) in [5, 5.41) is 22.5. The summed E-state index contributed by atoms with van der Waals surface area (Å²) in [5.74, 6) is -2.31. The molecule has 0 radical (unpaired) electrons. The van der Waals surface area contributed by atoms with Crippen LogP contribution in [0.2, 0.25) is 0 Å². The molecular weight excluding hydrogens is 471 g/mol. The van der Waals surface area contributed by atoms with Crippen LogP contribution in [-0.2, 0) is 17.9 Å². The molecule has 1 fully saturated rings. The molecule has 3 N–H and O–H groups in total. The molecule has 3 aromatic carbocycles. The molecule has 4 rings (SSSR count). The Balaban J connectivity index is 0.000000454. The number of hydrogen-bond donors (Lipinski definition) is 3. The van der Waals surface area contributed by atoms with Crippen molar-refractivity contribution in [1.29, 1.82) is 5.26 Å². The van der Waals surface area contributed by atoms with E-state index in [2.05, 4.69) is 28.8 Å². The van der Waals surface area contributed by atoms with Gasteiger partial charge in [0.15, 0.2) is 0 Å². The van der Waals surface area contributed by atoms with Gasteiger partial charge in [-0.25, -0.2) is 4.79 Å². The van der Waals surface area contributed by atoms with Gasteiger partial charge < -0.3 is 15.7 Å². The second-order valence-corrected chi connectivity index (χ2v) is 8.23. The lowest BCUT2D eigenvalue weighted by molar-refractivity contribution is -0.192. The summed E-state index contributed by atoms with van der Waals surface area (Å²) in [7, 11) is 0. The first-order valence-electron chi connectivity index (χ1n) is 11.1. The van der Waals surface area contributed by atoms with Crippen molar-refractivity contribution < 1.29 is 27.9 Å². The van der Waals surface area contributed by atoms with Gasteiger partial charge >= 0.3 is 12.1 Å². The van der Waals surface area contributed by atoms with Crippen molar-refractivity contribution in [2.75, 3.05) is 0 Å². The standard InChI is InChI=1S/C25H23N3O.C2HF3O2/c26-15-18-6-8-20(9-7-18)16-27-24-14-23(24)21-10-12-22(13-11-21)25(29)28-17-19-4-2-1-3-5-19;3-2(4,5)1(6)7/h1-13,23-24,27H,14,16-17H2,(H,28,29);(H,6,7)/t23-,24+;/m0./s1.